The normalized spacial score (nSPS) is 19.6. The number of carbonyl (C=O) groups excluding carboxylic acids is 1. The summed E-state index contributed by atoms with van der Waals surface area (Å²) in [5, 5.41) is 17.8. The molecule has 0 aromatic rings. The lowest BCUT2D eigenvalue weighted by molar-refractivity contribution is -0.153. The lowest BCUT2D eigenvalue weighted by atomic mass is 10.2. The van der Waals surface area contributed by atoms with Crippen LogP contribution in [0.15, 0.2) is 48.4 Å². The second-order valence-electron chi connectivity index (χ2n) is 5.73. The van der Waals surface area contributed by atoms with E-state index in [1.165, 1.54) is 0 Å². The van der Waals surface area contributed by atoms with Crippen LogP contribution in [-0.4, -0.2) is 35.5 Å². The Hall–Kier alpha value is -1.65. The maximum absolute atomic E-state index is 11.6. The van der Waals surface area contributed by atoms with Gasteiger partial charge in [-0.2, -0.15) is 0 Å². The van der Waals surface area contributed by atoms with Gasteiger partial charge >= 0.3 is 5.97 Å². The van der Waals surface area contributed by atoms with Crippen LogP contribution in [0.25, 0.3) is 0 Å². The van der Waals surface area contributed by atoms with E-state index >= 15 is 0 Å². The summed E-state index contributed by atoms with van der Waals surface area (Å²) in [5.41, 5.74) is 0. The van der Waals surface area contributed by atoms with E-state index in [-0.39, 0.29) is 86.9 Å². The average Bonchev–Trinajstić information content (AvgIpc) is 2.81. The Labute approximate surface area is 176 Å². The molecule has 0 fully saturated rings. The molecule has 0 aliphatic carbocycles. The second-order valence-corrected chi connectivity index (χ2v) is 5.73. The molecule has 0 aliphatic heterocycles. The molecular formula is C23H38O4. The first-order valence-electron chi connectivity index (χ1n) is 13.5. The Kier molecular flexibility index (Phi) is 11.0. The molecule has 0 aromatic heterocycles. The number of carbonyl (C=O) groups is 1. The minimum Gasteiger partial charge on any atom is -0.457 e. The Balaban J connectivity index is 4.92. The van der Waals surface area contributed by atoms with E-state index in [0.717, 1.165) is 19.3 Å². The number of hydrogen-bond donors (Lipinski definition) is 2. The molecule has 154 valence electrons. The molecule has 0 bridgehead atoms. The van der Waals surface area contributed by atoms with Crippen molar-refractivity contribution in [3.8, 4) is 0 Å². The van der Waals surface area contributed by atoms with E-state index in [1.807, 2.05) is 6.92 Å². The highest BCUT2D eigenvalue weighted by atomic mass is 16.6. The molecule has 4 heteroatoms. The zero-order valence-corrected chi connectivity index (χ0v) is 16.3. The van der Waals surface area contributed by atoms with Crippen molar-refractivity contribution in [3.05, 3.63) is 48.4 Å². The highest BCUT2D eigenvalue weighted by molar-refractivity contribution is 5.69. The minimum atomic E-state index is -0.990. The first-order valence-corrected chi connectivity index (χ1v) is 9.48. The summed E-state index contributed by atoms with van der Waals surface area (Å²) in [6, 6.07) is -1.12. The van der Waals surface area contributed by atoms with Gasteiger partial charge in [-0.1, -0.05) is 68.2 Å². The third kappa shape index (κ3) is 18.9. The van der Waals surface area contributed by atoms with Crippen LogP contribution in [-0.2, 0) is 9.53 Å². The maximum Gasteiger partial charge on any atom is 0.306 e. The third-order valence-corrected chi connectivity index (χ3v) is 3.32. The van der Waals surface area contributed by atoms with Crippen molar-refractivity contribution >= 4 is 5.97 Å². The number of aliphatic hydroxyl groups excluding tert-OH is 2. The van der Waals surface area contributed by atoms with E-state index in [2.05, 4.69) is 0 Å². The van der Waals surface area contributed by atoms with Crippen molar-refractivity contribution in [2.45, 2.75) is 77.2 Å². The fraction of sp³-hybridized carbons (Fsp3) is 0.609. The van der Waals surface area contributed by atoms with Crippen molar-refractivity contribution in [1.29, 1.82) is 0 Å². The van der Waals surface area contributed by atoms with Crippen LogP contribution in [0.3, 0.4) is 0 Å². The molecule has 0 unspecified atom stereocenters. The van der Waals surface area contributed by atoms with E-state index in [0.29, 0.717) is 6.42 Å². The van der Waals surface area contributed by atoms with E-state index in [4.69, 9.17) is 25.9 Å². The highest BCUT2D eigenvalue weighted by Gasteiger charge is 2.11. The number of allylic oxidation sites excluding steroid dienone is 8. The van der Waals surface area contributed by atoms with Gasteiger partial charge in [-0.25, -0.2) is 0 Å². The quantitative estimate of drug-likeness (QED) is 0.206. The standard InChI is InChI=1S/C23H38O4/c1-2-3-4-5-6-7-8-9-10-11-12-13-14-15-16-17-18-19-23(26)27-22(20-24)21-25/h6-7,9-10,12-13,15-16,22,24-25H,2-5,8,11,14,17-21H2,1H3/b7-6?,10-9?,13-12-,16-15-/i6T,7T,9T,10T,12T,13T,15T,16T. The topological polar surface area (TPSA) is 66.8 Å². The molecule has 0 aromatic carbocycles. The van der Waals surface area contributed by atoms with Crippen LogP contribution in [0.5, 0.6) is 0 Å². The fourth-order valence-electron chi connectivity index (χ4n) is 1.85. The molecular weight excluding hydrogens is 340 g/mol. The maximum atomic E-state index is 11.6. The molecule has 2 N–H and O–H groups in total. The summed E-state index contributed by atoms with van der Waals surface area (Å²) in [7, 11) is 0. The highest BCUT2D eigenvalue weighted by Crippen LogP contribution is 2.03. The monoisotopic (exact) mass is 394 g/mol. The van der Waals surface area contributed by atoms with E-state index < -0.39 is 25.3 Å². The van der Waals surface area contributed by atoms with Crippen molar-refractivity contribution in [1.82, 2.24) is 0 Å². The van der Waals surface area contributed by atoms with Gasteiger partial charge in [0.25, 0.3) is 0 Å². The fourth-order valence-corrected chi connectivity index (χ4v) is 1.85. The number of ether oxygens (including phenoxy) is 1. The SMILES string of the molecule is [3H]C(CCCCC)=C([3H])CC([3H])=C([3H])C/C([3H])=C(/[3H])C/C([3H])=C(/[3H])CCCC(=O)OC(CO)CO. The summed E-state index contributed by atoms with van der Waals surface area (Å²) < 4.78 is 68.5. The largest absolute Gasteiger partial charge is 0.457 e. The van der Waals surface area contributed by atoms with Crippen LogP contribution >= 0.6 is 0 Å². The predicted molar refractivity (Wildman–Crippen MR) is 112 cm³/mol. The van der Waals surface area contributed by atoms with E-state index in [9.17, 15) is 4.79 Å². The number of rotatable bonds is 17. The molecule has 0 aliphatic rings. The first-order chi connectivity index (χ1) is 16.5. The Morgan fingerprint density at radius 2 is 1.33 bits per heavy atom. The third-order valence-electron chi connectivity index (χ3n) is 3.32. The number of hydrogen-bond acceptors (Lipinski definition) is 4. The zero-order chi connectivity index (χ0) is 27.0. The van der Waals surface area contributed by atoms with Gasteiger partial charge in [0.15, 0.2) is 0 Å². The molecule has 0 rings (SSSR count). The molecule has 0 spiro atoms. The van der Waals surface area contributed by atoms with Crippen molar-refractivity contribution < 1.29 is 30.7 Å². The lowest BCUT2D eigenvalue weighted by Crippen LogP contribution is -2.25. The molecule has 4 nitrogen and oxygen atoms in total. The van der Waals surface area contributed by atoms with Gasteiger partial charge < -0.3 is 14.9 Å². The van der Waals surface area contributed by atoms with Crippen LogP contribution in [0.4, 0.5) is 0 Å². The molecule has 0 radical (unpaired) electrons. The summed E-state index contributed by atoms with van der Waals surface area (Å²) >= 11 is 0. The Morgan fingerprint density at radius 1 is 0.852 bits per heavy atom. The van der Waals surface area contributed by atoms with Crippen LogP contribution in [0.2, 0.25) is 0 Å². The molecule has 0 atom stereocenters. The van der Waals surface area contributed by atoms with Crippen LogP contribution in [0, 0.1) is 0 Å². The first kappa shape index (κ1) is 14.4. The Bertz CT molecular complexity index is 801. The van der Waals surface area contributed by atoms with Gasteiger partial charge in [0, 0.05) is 6.42 Å². The number of esters is 1. The molecule has 0 saturated carbocycles. The van der Waals surface area contributed by atoms with Gasteiger partial charge in [-0.05, 0) is 44.9 Å². The van der Waals surface area contributed by atoms with Gasteiger partial charge in [0.05, 0.1) is 24.2 Å². The summed E-state index contributed by atoms with van der Waals surface area (Å²) in [6.45, 7) is 1.04. The van der Waals surface area contributed by atoms with Gasteiger partial charge in [0.1, 0.15) is 6.10 Å². The smallest absolute Gasteiger partial charge is 0.306 e. The Morgan fingerprint density at radius 3 is 1.81 bits per heavy atom. The van der Waals surface area contributed by atoms with E-state index in [1.54, 1.807) is 0 Å². The predicted octanol–water partition coefficient (Wildman–Crippen LogP) is 5.03. The van der Waals surface area contributed by atoms with Crippen molar-refractivity contribution in [2.75, 3.05) is 13.2 Å². The van der Waals surface area contributed by atoms with Crippen molar-refractivity contribution in [2.24, 2.45) is 0 Å². The van der Waals surface area contributed by atoms with Gasteiger partial charge in [-0.15, -0.1) is 0 Å². The molecule has 0 amide bonds. The zero-order valence-electron chi connectivity index (χ0n) is 24.3. The summed E-state index contributed by atoms with van der Waals surface area (Å²) in [5.74, 6) is -0.642. The second kappa shape index (κ2) is 20.7. The average molecular weight is 395 g/mol. The summed E-state index contributed by atoms with van der Waals surface area (Å²) in [4.78, 5) is 11.6. The number of unbranched alkanes of at least 4 members (excludes halogenated alkanes) is 2. The summed E-state index contributed by atoms with van der Waals surface area (Å²) in [6.07, 6.45) is 1.65. The van der Waals surface area contributed by atoms with Gasteiger partial charge in [0.2, 0.25) is 0 Å². The molecule has 0 saturated heterocycles. The van der Waals surface area contributed by atoms with Crippen LogP contribution < -0.4 is 0 Å². The molecule has 27 heavy (non-hydrogen) atoms. The molecule has 0 heterocycles. The number of aliphatic hydroxyl groups is 2. The minimum absolute atomic E-state index is 0.0280. The lowest BCUT2D eigenvalue weighted by Gasteiger charge is -2.11. The van der Waals surface area contributed by atoms with Crippen LogP contribution in [0.1, 0.15) is 82.1 Å². The van der Waals surface area contributed by atoms with Crippen molar-refractivity contribution in [3.63, 3.8) is 0 Å². The van der Waals surface area contributed by atoms with Gasteiger partial charge in [-0.3, -0.25) is 4.79 Å².